The van der Waals surface area contributed by atoms with Crippen LogP contribution in [0.2, 0.25) is 0 Å². The van der Waals surface area contributed by atoms with Crippen molar-refractivity contribution in [2.45, 2.75) is 10.8 Å². The molecule has 0 radical (unpaired) electrons. The number of phenolic OH excluding ortho intramolecular Hbond substituents is 1. The van der Waals surface area contributed by atoms with Crippen molar-refractivity contribution in [2.24, 2.45) is 0 Å². The number of aromatic hydroxyl groups is 1. The molecule has 2 aromatic rings. The number of hydrogen-bond donors (Lipinski definition) is 2. The lowest BCUT2D eigenvalue weighted by atomic mass is 10.0. The fourth-order valence-corrected chi connectivity index (χ4v) is 2.82. The summed E-state index contributed by atoms with van der Waals surface area (Å²) in [5, 5.41) is 18.7. The van der Waals surface area contributed by atoms with Crippen LogP contribution in [0.5, 0.6) is 5.75 Å². The molecule has 0 aliphatic heterocycles. The molecule has 1 atom stereocenters. The van der Waals surface area contributed by atoms with Gasteiger partial charge >= 0.3 is 5.97 Å². The third-order valence-corrected chi connectivity index (χ3v) is 3.82. The second kappa shape index (κ2) is 6.29. The first-order chi connectivity index (χ1) is 9.16. The van der Waals surface area contributed by atoms with Gasteiger partial charge in [-0.25, -0.2) is 0 Å². The van der Waals surface area contributed by atoms with Crippen LogP contribution < -0.4 is 0 Å². The normalized spacial score (nSPS) is 12.0. The Labute approximate surface area is 115 Å². The fraction of sp³-hybridized carbons (Fsp3) is 0.133. The molecule has 0 aliphatic carbocycles. The summed E-state index contributed by atoms with van der Waals surface area (Å²) in [5.41, 5.74) is 0.794. The molecule has 1 unspecified atom stereocenters. The summed E-state index contributed by atoms with van der Waals surface area (Å²) < 4.78 is 0. The standard InChI is InChI=1S/C15H14O3S/c16-12-7-4-8-13(9-12)19-10-14(15(17)18)11-5-2-1-3-6-11/h1-9,14,16H,10H2,(H,17,18). The van der Waals surface area contributed by atoms with E-state index >= 15 is 0 Å². The zero-order chi connectivity index (χ0) is 13.7. The second-order valence-corrected chi connectivity index (χ2v) is 5.20. The number of benzene rings is 2. The SMILES string of the molecule is O=C(O)C(CSc1cccc(O)c1)c1ccccc1. The molecule has 4 heteroatoms. The van der Waals surface area contributed by atoms with E-state index in [9.17, 15) is 15.0 Å². The van der Waals surface area contributed by atoms with E-state index in [0.29, 0.717) is 5.75 Å². The van der Waals surface area contributed by atoms with Crippen molar-refractivity contribution in [3.8, 4) is 5.75 Å². The van der Waals surface area contributed by atoms with Crippen molar-refractivity contribution in [3.05, 3.63) is 60.2 Å². The molecule has 0 bridgehead atoms. The van der Waals surface area contributed by atoms with E-state index < -0.39 is 11.9 Å². The molecule has 0 aromatic heterocycles. The number of aliphatic carboxylic acids is 1. The molecule has 19 heavy (non-hydrogen) atoms. The van der Waals surface area contributed by atoms with Crippen molar-refractivity contribution in [1.29, 1.82) is 0 Å². The van der Waals surface area contributed by atoms with E-state index in [1.807, 2.05) is 36.4 Å². The Morgan fingerprint density at radius 3 is 2.47 bits per heavy atom. The van der Waals surface area contributed by atoms with Gasteiger partial charge in [0.05, 0.1) is 5.92 Å². The Morgan fingerprint density at radius 1 is 1.11 bits per heavy atom. The van der Waals surface area contributed by atoms with Gasteiger partial charge in [0.2, 0.25) is 0 Å². The Bertz CT molecular complexity index is 554. The smallest absolute Gasteiger partial charge is 0.311 e. The van der Waals surface area contributed by atoms with Gasteiger partial charge in [0.15, 0.2) is 0 Å². The molecule has 0 aliphatic rings. The number of phenols is 1. The summed E-state index contributed by atoms with van der Waals surface area (Å²) >= 11 is 1.43. The third kappa shape index (κ3) is 3.76. The van der Waals surface area contributed by atoms with Crippen LogP contribution >= 0.6 is 11.8 Å². The number of carboxylic acids is 1. The van der Waals surface area contributed by atoms with Gasteiger partial charge in [-0.05, 0) is 23.8 Å². The summed E-state index contributed by atoms with van der Waals surface area (Å²) in [6, 6.07) is 16.0. The van der Waals surface area contributed by atoms with Crippen LogP contribution in [0.4, 0.5) is 0 Å². The zero-order valence-corrected chi connectivity index (χ0v) is 11.0. The number of hydrogen-bond acceptors (Lipinski definition) is 3. The van der Waals surface area contributed by atoms with E-state index in [-0.39, 0.29) is 5.75 Å². The molecule has 0 fully saturated rings. The third-order valence-electron chi connectivity index (χ3n) is 2.73. The summed E-state index contributed by atoms with van der Waals surface area (Å²) in [5.74, 6) is -0.757. The summed E-state index contributed by atoms with van der Waals surface area (Å²) in [7, 11) is 0. The molecule has 0 spiro atoms. The molecule has 2 aromatic carbocycles. The highest BCUT2D eigenvalue weighted by Gasteiger charge is 2.19. The van der Waals surface area contributed by atoms with Crippen molar-refractivity contribution >= 4 is 17.7 Å². The van der Waals surface area contributed by atoms with E-state index in [4.69, 9.17) is 0 Å². The Morgan fingerprint density at radius 2 is 1.84 bits per heavy atom. The van der Waals surface area contributed by atoms with Crippen LogP contribution in [0.25, 0.3) is 0 Å². The highest BCUT2D eigenvalue weighted by Crippen LogP contribution is 2.28. The predicted octanol–water partition coefficient (Wildman–Crippen LogP) is 3.35. The van der Waals surface area contributed by atoms with E-state index in [0.717, 1.165) is 10.5 Å². The van der Waals surface area contributed by atoms with Crippen LogP contribution in [0.1, 0.15) is 11.5 Å². The predicted molar refractivity (Wildman–Crippen MR) is 75.6 cm³/mol. The average molecular weight is 274 g/mol. The number of carbonyl (C=O) groups is 1. The second-order valence-electron chi connectivity index (χ2n) is 4.11. The first kappa shape index (κ1) is 13.5. The van der Waals surface area contributed by atoms with Gasteiger partial charge in [0.25, 0.3) is 0 Å². The Kier molecular flexibility index (Phi) is 4.47. The highest BCUT2D eigenvalue weighted by atomic mass is 32.2. The largest absolute Gasteiger partial charge is 0.508 e. The molecule has 98 valence electrons. The van der Waals surface area contributed by atoms with Gasteiger partial charge in [-0.3, -0.25) is 4.79 Å². The van der Waals surface area contributed by atoms with Crippen LogP contribution in [0, 0.1) is 0 Å². The minimum atomic E-state index is -0.834. The molecule has 2 N–H and O–H groups in total. The summed E-state index contributed by atoms with van der Waals surface area (Å²) in [6.45, 7) is 0. The van der Waals surface area contributed by atoms with Crippen LogP contribution in [0.3, 0.4) is 0 Å². The number of thioether (sulfide) groups is 1. The Balaban J connectivity index is 2.08. The van der Waals surface area contributed by atoms with Gasteiger partial charge in [0.1, 0.15) is 5.75 Å². The van der Waals surface area contributed by atoms with Gasteiger partial charge in [-0.2, -0.15) is 0 Å². The van der Waals surface area contributed by atoms with Gasteiger partial charge in [-0.1, -0.05) is 36.4 Å². The quantitative estimate of drug-likeness (QED) is 0.821. The van der Waals surface area contributed by atoms with Gasteiger partial charge in [0, 0.05) is 10.6 Å². The first-order valence-corrected chi connectivity index (χ1v) is 6.85. The lowest BCUT2D eigenvalue weighted by Crippen LogP contribution is -2.13. The minimum absolute atomic E-state index is 0.191. The molecule has 0 saturated carbocycles. The topological polar surface area (TPSA) is 57.5 Å². The van der Waals surface area contributed by atoms with Crippen LogP contribution in [0.15, 0.2) is 59.5 Å². The highest BCUT2D eigenvalue weighted by molar-refractivity contribution is 7.99. The molecule has 2 rings (SSSR count). The van der Waals surface area contributed by atoms with Crippen molar-refractivity contribution < 1.29 is 15.0 Å². The van der Waals surface area contributed by atoms with Crippen molar-refractivity contribution in [3.63, 3.8) is 0 Å². The van der Waals surface area contributed by atoms with E-state index in [1.54, 1.807) is 18.2 Å². The maximum absolute atomic E-state index is 11.3. The maximum Gasteiger partial charge on any atom is 0.311 e. The Hall–Kier alpha value is -1.94. The van der Waals surface area contributed by atoms with Crippen molar-refractivity contribution in [2.75, 3.05) is 5.75 Å². The summed E-state index contributed by atoms with van der Waals surface area (Å²) in [6.07, 6.45) is 0. The first-order valence-electron chi connectivity index (χ1n) is 5.86. The summed E-state index contributed by atoms with van der Waals surface area (Å²) in [4.78, 5) is 12.2. The van der Waals surface area contributed by atoms with Gasteiger partial charge in [-0.15, -0.1) is 11.8 Å². The van der Waals surface area contributed by atoms with Crippen LogP contribution in [-0.2, 0) is 4.79 Å². The minimum Gasteiger partial charge on any atom is -0.508 e. The molecule has 0 heterocycles. The lowest BCUT2D eigenvalue weighted by Gasteiger charge is -2.12. The molecule has 0 saturated heterocycles. The molecule has 0 amide bonds. The zero-order valence-electron chi connectivity index (χ0n) is 10.2. The van der Waals surface area contributed by atoms with Crippen molar-refractivity contribution in [1.82, 2.24) is 0 Å². The average Bonchev–Trinajstić information content (AvgIpc) is 2.40. The fourth-order valence-electron chi connectivity index (χ4n) is 1.75. The molecular formula is C15H14O3S. The molecule has 3 nitrogen and oxygen atoms in total. The monoisotopic (exact) mass is 274 g/mol. The van der Waals surface area contributed by atoms with Gasteiger partial charge < -0.3 is 10.2 Å². The number of rotatable bonds is 5. The number of carboxylic acid groups (broad SMARTS) is 1. The van der Waals surface area contributed by atoms with Crippen LogP contribution in [-0.4, -0.2) is 21.9 Å². The van der Waals surface area contributed by atoms with E-state index in [2.05, 4.69) is 0 Å². The van der Waals surface area contributed by atoms with E-state index in [1.165, 1.54) is 11.8 Å². The lowest BCUT2D eigenvalue weighted by molar-refractivity contribution is -0.138. The molecular weight excluding hydrogens is 260 g/mol. The maximum atomic E-state index is 11.3.